The van der Waals surface area contributed by atoms with Gasteiger partial charge < -0.3 is 20.1 Å². The Balaban J connectivity index is 2.02. The number of benzene rings is 2. The SMILES string of the molecule is Cc1cc(OCc2ccc(F)cc2F)c(Br)c(=O)n1-c1ccc(C(O)CO)cc1C(=O)O. The number of nitrogens with zero attached hydrogens (tertiary/aromatic N) is 1. The molecule has 168 valence electrons. The summed E-state index contributed by atoms with van der Waals surface area (Å²) < 4.78 is 33.6. The fraction of sp³-hybridized carbons (Fsp3) is 0.182. The zero-order valence-electron chi connectivity index (χ0n) is 16.7. The number of carbonyl (C=O) groups is 1. The predicted octanol–water partition coefficient (Wildman–Crippen LogP) is 3.49. The zero-order chi connectivity index (χ0) is 23.6. The molecule has 0 amide bonds. The number of hydrogen-bond donors (Lipinski definition) is 3. The van der Waals surface area contributed by atoms with Crippen molar-refractivity contribution in [3.8, 4) is 11.4 Å². The number of aliphatic hydroxyl groups excluding tert-OH is 2. The molecule has 0 saturated heterocycles. The standard InChI is InChI=1S/C22H18BrF2NO6/c1-11-6-19(32-10-13-2-4-14(24)8-16(13)25)20(23)21(29)26(11)17-5-3-12(18(28)9-27)7-15(17)22(30)31/h2-8,18,27-28H,9-10H2,1H3,(H,30,31). The highest BCUT2D eigenvalue weighted by molar-refractivity contribution is 9.10. The third kappa shape index (κ3) is 4.72. The number of carboxylic acid groups (broad SMARTS) is 1. The van der Waals surface area contributed by atoms with Crippen molar-refractivity contribution >= 4 is 21.9 Å². The first kappa shape index (κ1) is 23.6. The third-order valence-corrected chi connectivity index (χ3v) is 5.48. The van der Waals surface area contributed by atoms with Gasteiger partial charge in [0.1, 0.15) is 34.6 Å². The molecule has 0 saturated carbocycles. The highest BCUT2D eigenvalue weighted by atomic mass is 79.9. The maximum atomic E-state index is 13.8. The second-order valence-corrected chi connectivity index (χ2v) is 7.70. The van der Waals surface area contributed by atoms with Crippen molar-refractivity contribution in [2.24, 2.45) is 0 Å². The van der Waals surface area contributed by atoms with E-state index in [1.807, 2.05) is 0 Å². The maximum Gasteiger partial charge on any atom is 0.337 e. The Kier molecular flexibility index (Phi) is 7.07. The molecule has 10 heteroatoms. The smallest absolute Gasteiger partial charge is 0.337 e. The highest BCUT2D eigenvalue weighted by Gasteiger charge is 2.20. The van der Waals surface area contributed by atoms with Crippen molar-refractivity contribution in [2.75, 3.05) is 6.61 Å². The van der Waals surface area contributed by atoms with Gasteiger partial charge >= 0.3 is 5.97 Å². The molecular weight excluding hydrogens is 492 g/mol. The van der Waals surface area contributed by atoms with Crippen molar-refractivity contribution in [2.45, 2.75) is 19.6 Å². The summed E-state index contributed by atoms with van der Waals surface area (Å²) in [5.74, 6) is -2.75. The van der Waals surface area contributed by atoms with Crippen molar-refractivity contribution < 1.29 is 33.6 Å². The molecule has 3 rings (SSSR count). The number of aryl methyl sites for hydroxylation is 1. The molecule has 3 N–H and O–H groups in total. The van der Waals surface area contributed by atoms with E-state index in [-0.39, 0.29) is 39.2 Å². The quantitative estimate of drug-likeness (QED) is 0.449. The van der Waals surface area contributed by atoms with E-state index >= 15 is 0 Å². The molecule has 1 aromatic heterocycles. The fourth-order valence-corrected chi connectivity index (χ4v) is 3.52. The number of pyridine rings is 1. The van der Waals surface area contributed by atoms with Crippen LogP contribution in [0.25, 0.3) is 5.69 Å². The lowest BCUT2D eigenvalue weighted by atomic mass is 10.0. The minimum absolute atomic E-state index is 0.0265. The van der Waals surface area contributed by atoms with E-state index in [2.05, 4.69) is 15.9 Å². The van der Waals surface area contributed by atoms with Crippen molar-refractivity contribution in [3.05, 3.63) is 91.3 Å². The van der Waals surface area contributed by atoms with Crippen LogP contribution < -0.4 is 10.3 Å². The van der Waals surface area contributed by atoms with Crippen LogP contribution in [-0.4, -0.2) is 32.5 Å². The number of aliphatic hydroxyl groups is 2. The number of halogens is 3. The van der Waals surface area contributed by atoms with E-state index in [0.717, 1.165) is 16.7 Å². The Morgan fingerprint density at radius 2 is 1.91 bits per heavy atom. The second kappa shape index (κ2) is 9.60. The van der Waals surface area contributed by atoms with Gasteiger partial charge in [-0.25, -0.2) is 13.6 Å². The molecule has 2 aromatic carbocycles. The average Bonchev–Trinajstić information content (AvgIpc) is 2.75. The molecule has 0 bridgehead atoms. The van der Waals surface area contributed by atoms with Crippen LogP contribution in [0.1, 0.15) is 33.3 Å². The molecule has 1 unspecified atom stereocenters. The van der Waals surface area contributed by atoms with E-state index in [1.54, 1.807) is 6.92 Å². The molecule has 0 fully saturated rings. The number of aromatic nitrogens is 1. The van der Waals surface area contributed by atoms with Crippen molar-refractivity contribution in [1.82, 2.24) is 4.57 Å². The number of ether oxygens (including phenoxy) is 1. The van der Waals surface area contributed by atoms with Gasteiger partial charge in [0.2, 0.25) is 0 Å². The lowest BCUT2D eigenvalue weighted by Crippen LogP contribution is -2.24. The molecule has 3 aromatic rings. The number of carboxylic acids is 1. The van der Waals surface area contributed by atoms with Gasteiger partial charge in [0.25, 0.3) is 5.56 Å². The second-order valence-electron chi connectivity index (χ2n) is 6.91. The van der Waals surface area contributed by atoms with Gasteiger partial charge in [-0.3, -0.25) is 9.36 Å². The summed E-state index contributed by atoms with van der Waals surface area (Å²) in [6, 6.07) is 8.45. The Morgan fingerprint density at radius 1 is 1.19 bits per heavy atom. The molecule has 7 nitrogen and oxygen atoms in total. The van der Waals surface area contributed by atoms with Gasteiger partial charge in [-0.15, -0.1) is 0 Å². The Morgan fingerprint density at radius 3 is 2.53 bits per heavy atom. The summed E-state index contributed by atoms with van der Waals surface area (Å²) in [4.78, 5) is 24.8. The number of hydrogen-bond acceptors (Lipinski definition) is 5. The lowest BCUT2D eigenvalue weighted by Gasteiger charge is -2.17. The lowest BCUT2D eigenvalue weighted by molar-refractivity contribution is 0.0695. The van der Waals surface area contributed by atoms with Gasteiger partial charge in [0.05, 0.1) is 17.9 Å². The molecule has 0 aliphatic rings. The van der Waals surface area contributed by atoms with Crippen LogP contribution >= 0.6 is 15.9 Å². The summed E-state index contributed by atoms with van der Waals surface area (Å²) in [6.07, 6.45) is -1.27. The van der Waals surface area contributed by atoms with Gasteiger partial charge in [0.15, 0.2) is 0 Å². The highest BCUT2D eigenvalue weighted by Crippen LogP contribution is 2.27. The van der Waals surface area contributed by atoms with E-state index in [0.29, 0.717) is 5.69 Å². The zero-order valence-corrected chi connectivity index (χ0v) is 18.3. The molecule has 32 heavy (non-hydrogen) atoms. The number of rotatable bonds is 7. The minimum Gasteiger partial charge on any atom is -0.487 e. The van der Waals surface area contributed by atoms with E-state index < -0.39 is 35.9 Å². The summed E-state index contributed by atoms with van der Waals surface area (Å²) in [7, 11) is 0. The van der Waals surface area contributed by atoms with Gasteiger partial charge in [-0.05, 0) is 52.7 Å². The van der Waals surface area contributed by atoms with Crippen LogP contribution in [0, 0.1) is 18.6 Å². The fourth-order valence-electron chi connectivity index (χ4n) is 3.11. The van der Waals surface area contributed by atoms with E-state index in [9.17, 15) is 28.6 Å². The Labute approximate surface area is 189 Å². The number of aromatic carboxylic acids is 1. The summed E-state index contributed by atoms with van der Waals surface area (Å²) in [5.41, 5.74) is -0.242. The molecule has 0 radical (unpaired) electrons. The van der Waals surface area contributed by atoms with Crippen LogP contribution in [0.3, 0.4) is 0 Å². The topological polar surface area (TPSA) is 109 Å². The third-order valence-electron chi connectivity index (χ3n) is 4.75. The largest absolute Gasteiger partial charge is 0.487 e. The van der Waals surface area contributed by atoms with Crippen LogP contribution in [-0.2, 0) is 6.61 Å². The summed E-state index contributed by atoms with van der Waals surface area (Å²) in [5, 5.41) is 28.5. The summed E-state index contributed by atoms with van der Waals surface area (Å²) in [6.45, 7) is 0.701. The molecule has 0 spiro atoms. The molecular formula is C22H18BrF2NO6. The van der Waals surface area contributed by atoms with Crippen molar-refractivity contribution in [3.63, 3.8) is 0 Å². The molecule has 1 atom stereocenters. The van der Waals surface area contributed by atoms with Gasteiger partial charge in [0, 0.05) is 23.4 Å². The van der Waals surface area contributed by atoms with Crippen LogP contribution in [0.15, 0.2) is 51.7 Å². The van der Waals surface area contributed by atoms with Crippen LogP contribution in [0.2, 0.25) is 0 Å². The van der Waals surface area contributed by atoms with Gasteiger partial charge in [-0.2, -0.15) is 0 Å². The monoisotopic (exact) mass is 509 g/mol. The molecule has 0 aliphatic carbocycles. The Hall–Kier alpha value is -3.08. The maximum absolute atomic E-state index is 13.8. The normalized spacial score (nSPS) is 11.9. The van der Waals surface area contributed by atoms with Gasteiger partial charge in [-0.1, -0.05) is 6.07 Å². The first-order valence-corrected chi connectivity index (χ1v) is 10.1. The van der Waals surface area contributed by atoms with Crippen LogP contribution in [0.5, 0.6) is 5.75 Å². The van der Waals surface area contributed by atoms with Crippen LogP contribution in [0.4, 0.5) is 8.78 Å². The first-order valence-electron chi connectivity index (χ1n) is 9.29. The van der Waals surface area contributed by atoms with E-state index in [1.165, 1.54) is 30.3 Å². The summed E-state index contributed by atoms with van der Waals surface area (Å²) >= 11 is 3.14. The minimum atomic E-state index is -1.33. The van der Waals surface area contributed by atoms with E-state index in [4.69, 9.17) is 9.84 Å². The molecule has 1 heterocycles. The first-order chi connectivity index (χ1) is 15.1. The van der Waals surface area contributed by atoms with Crippen molar-refractivity contribution in [1.29, 1.82) is 0 Å². The Bertz CT molecular complexity index is 1240. The molecule has 0 aliphatic heterocycles. The average molecular weight is 510 g/mol. The predicted molar refractivity (Wildman–Crippen MR) is 114 cm³/mol.